The van der Waals surface area contributed by atoms with E-state index in [1.807, 2.05) is 43.3 Å². The lowest BCUT2D eigenvalue weighted by Gasteiger charge is -2.13. The number of aromatic nitrogens is 2. The first-order valence-electron chi connectivity index (χ1n) is 7.61. The average Bonchev–Trinajstić information content (AvgIpc) is 2.59. The Morgan fingerprint density at radius 3 is 2.36 bits per heavy atom. The molecule has 0 radical (unpaired) electrons. The van der Waals surface area contributed by atoms with Gasteiger partial charge >= 0.3 is 0 Å². The predicted molar refractivity (Wildman–Crippen MR) is 101 cm³/mol. The van der Waals surface area contributed by atoms with Crippen molar-refractivity contribution in [2.24, 2.45) is 0 Å². The number of hydrogen-bond acceptors (Lipinski definition) is 5. The molecule has 0 aliphatic heterocycles. The zero-order chi connectivity index (χ0) is 17.8. The summed E-state index contributed by atoms with van der Waals surface area (Å²) in [5, 5.41) is 6.27. The number of anilines is 5. The molecule has 2 aromatic carbocycles. The maximum Gasteiger partial charge on any atom is 0.229 e. The second-order valence-corrected chi connectivity index (χ2v) is 5.99. The van der Waals surface area contributed by atoms with Crippen molar-refractivity contribution in [2.75, 3.05) is 29.6 Å². The Balaban J connectivity index is 1.73. The molecule has 0 fully saturated rings. The Morgan fingerprint density at radius 1 is 0.960 bits per heavy atom. The van der Waals surface area contributed by atoms with E-state index in [1.54, 1.807) is 18.3 Å². The maximum absolute atomic E-state index is 13.2. The maximum atomic E-state index is 13.2. The van der Waals surface area contributed by atoms with Crippen molar-refractivity contribution in [1.82, 2.24) is 9.97 Å². The molecular formula is C18H17ClFN5. The minimum absolute atomic E-state index is 0.0419. The van der Waals surface area contributed by atoms with Crippen LogP contribution in [0.25, 0.3) is 0 Å². The van der Waals surface area contributed by atoms with Gasteiger partial charge in [-0.25, -0.2) is 9.37 Å². The van der Waals surface area contributed by atoms with Crippen molar-refractivity contribution in [3.8, 4) is 0 Å². The Morgan fingerprint density at radius 2 is 1.68 bits per heavy atom. The molecular weight excluding hydrogens is 341 g/mol. The second kappa shape index (κ2) is 7.36. The smallest absolute Gasteiger partial charge is 0.229 e. The van der Waals surface area contributed by atoms with Gasteiger partial charge in [0.05, 0.1) is 5.02 Å². The monoisotopic (exact) mass is 357 g/mol. The molecule has 0 aliphatic carbocycles. The van der Waals surface area contributed by atoms with Crippen molar-refractivity contribution in [3.05, 3.63) is 65.6 Å². The Labute approximate surface area is 150 Å². The highest BCUT2D eigenvalue weighted by Gasteiger charge is 2.04. The molecule has 0 amide bonds. The molecule has 0 spiro atoms. The van der Waals surface area contributed by atoms with Gasteiger partial charge in [-0.05, 0) is 48.5 Å². The molecule has 0 saturated carbocycles. The summed E-state index contributed by atoms with van der Waals surface area (Å²) in [4.78, 5) is 10.6. The van der Waals surface area contributed by atoms with Gasteiger partial charge in [0, 0.05) is 37.4 Å². The molecule has 0 bridgehead atoms. The molecule has 2 N–H and O–H groups in total. The quantitative estimate of drug-likeness (QED) is 0.685. The fourth-order valence-corrected chi connectivity index (χ4v) is 2.36. The van der Waals surface area contributed by atoms with Crippen molar-refractivity contribution < 1.29 is 4.39 Å². The van der Waals surface area contributed by atoms with Gasteiger partial charge in [0.1, 0.15) is 11.6 Å². The van der Waals surface area contributed by atoms with Crippen LogP contribution in [0, 0.1) is 5.82 Å². The predicted octanol–water partition coefficient (Wildman–Crippen LogP) is 4.82. The van der Waals surface area contributed by atoms with E-state index in [0.717, 1.165) is 11.4 Å². The first kappa shape index (κ1) is 17.0. The molecule has 0 atom stereocenters. The van der Waals surface area contributed by atoms with Crippen LogP contribution in [0.5, 0.6) is 0 Å². The largest absolute Gasteiger partial charge is 0.378 e. The molecule has 1 heterocycles. The number of halogens is 2. The van der Waals surface area contributed by atoms with Gasteiger partial charge in [-0.2, -0.15) is 4.98 Å². The fraction of sp³-hybridized carbons (Fsp3) is 0.111. The van der Waals surface area contributed by atoms with Crippen LogP contribution in [0.1, 0.15) is 0 Å². The van der Waals surface area contributed by atoms with Crippen molar-refractivity contribution in [2.45, 2.75) is 0 Å². The summed E-state index contributed by atoms with van der Waals surface area (Å²) in [7, 11) is 3.99. The molecule has 0 saturated heterocycles. The van der Waals surface area contributed by atoms with Gasteiger partial charge in [0.25, 0.3) is 0 Å². The lowest BCUT2D eigenvalue weighted by Crippen LogP contribution is -2.08. The number of nitrogens with zero attached hydrogens (tertiary/aromatic N) is 3. The van der Waals surface area contributed by atoms with Crippen LogP contribution in [0.2, 0.25) is 5.02 Å². The molecule has 0 unspecified atom stereocenters. The molecule has 3 aromatic rings. The third-order valence-electron chi connectivity index (χ3n) is 3.49. The van der Waals surface area contributed by atoms with Crippen LogP contribution in [0.15, 0.2) is 54.7 Å². The summed E-state index contributed by atoms with van der Waals surface area (Å²) in [6.07, 6.45) is 1.64. The normalized spacial score (nSPS) is 10.4. The molecule has 25 heavy (non-hydrogen) atoms. The Kier molecular flexibility index (Phi) is 5.00. The van der Waals surface area contributed by atoms with E-state index in [1.165, 1.54) is 12.1 Å². The lowest BCUT2D eigenvalue weighted by atomic mass is 10.2. The summed E-state index contributed by atoms with van der Waals surface area (Å²) in [6.45, 7) is 0. The van der Waals surface area contributed by atoms with Crippen LogP contribution in [0.3, 0.4) is 0 Å². The Bertz CT molecular complexity index is 868. The van der Waals surface area contributed by atoms with Crippen LogP contribution in [0.4, 0.5) is 33.2 Å². The van der Waals surface area contributed by atoms with E-state index < -0.39 is 5.82 Å². The van der Waals surface area contributed by atoms with E-state index in [2.05, 4.69) is 20.6 Å². The number of rotatable bonds is 5. The number of nitrogens with one attached hydrogen (secondary N) is 2. The van der Waals surface area contributed by atoms with Gasteiger partial charge in [0.15, 0.2) is 0 Å². The van der Waals surface area contributed by atoms with Gasteiger partial charge < -0.3 is 15.5 Å². The SMILES string of the molecule is CN(C)c1ccc(Nc2ccnc(Nc3ccc(F)c(Cl)c3)n2)cc1. The minimum Gasteiger partial charge on any atom is -0.378 e. The van der Waals surface area contributed by atoms with Crippen molar-refractivity contribution in [1.29, 1.82) is 0 Å². The first-order valence-corrected chi connectivity index (χ1v) is 7.98. The van der Waals surface area contributed by atoms with Gasteiger partial charge in [-0.15, -0.1) is 0 Å². The second-order valence-electron chi connectivity index (χ2n) is 5.59. The third kappa shape index (κ3) is 4.36. The highest BCUT2D eigenvalue weighted by Crippen LogP contribution is 2.23. The zero-order valence-electron chi connectivity index (χ0n) is 13.8. The first-order chi connectivity index (χ1) is 12.0. The van der Waals surface area contributed by atoms with E-state index in [-0.39, 0.29) is 5.02 Å². The number of hydrogen-bond donors (Lipinski definition) is 2. The standard InChI is InChI=1S/C18H17ClFN5/c1-25(2)14-6-3-12(4-7-14)22-17-9-10-21-18(24-17)23-13-5-8-16(20)15(19)11-13/h3-11H,1-2H3,(H2,21,22,23,24). The summed E-state index contributed by atoms with van der Waals surface area (Å²) in [5.74, 6) is 0.561. The summed E-state index contributed by atoms with van der Waals surface area (Å²) >= 11 is 5.78. The van der Waals surface area contributed by atoms with Crippen LogP contribution < -0.4 is 15.5 Å². The molecule has 0 aliphatic rings. The van der Waals surface area contributed by atoms with E-state index in [4.69, 9.17) is 11.6 Å². The van der Waals surface area contributed by atoms with Crippen LogP contribution in [-0.4, -0.2) is 24.1 Å². The zero-order valence-corrected chi connectivity index (χ0v) is 14.5. The highest BCUT2D eigenvalue weighted by atomic mass is 35.5. The van der Waals surface area contributed by atoms with E-state index in [9.17, 15) is 4.39 Å². The molecule has 5 nitrogen and oxygen atoms in total. The fourth-order valence-electron chi connectivity index (χ4n) is 2.18. The van der Waals surface area contributed by atoms with Crippen LogP contribution >= 0.6 is 11.6 Å². The van der Waals surface area contributed by atoms with E-state index >= 15 is 0 Å². The van der Waals surface area contributed by atoms with Crippen LogP contribution in [-0.2, 0) is 0 Å². The van der Waals surface area contributed by atoms with Gasteiger partial charge in [-0.3, -0.25) is 0 Å². The minimum atomic E-state index is -0.468. The highest BCUT2D eigenvalue weighted by molar-refractivity contribution is 6.31. The number of benzene rings is 2. The molecule has 1 aromatic heterocycles. The van der Waals surface area contributed by atoms with Gasteiger partial charge in [-0.1, -0.05) is 11.6 Å². The van der Waals surface area contributed by atoms with Crippen molar-refractivity contribution in [3.63, 3.8) is 0 Å². The summed E-state index contributed by atoms with van der Waals surface area (Å²) < 4.78 is 13.2. The van der Waals surface area contributed by atoms with E-state index in [0.29, 0.717) is 17.5 Å². The summed E-state index contributed by atoms with van der Waals surface area (Å²) in [5.41, 5.74) is 2.64. The topological polar surface area (TPSA) is 53.1 Å². The third-order valence-corrected chi connectivity index (χ3v) is 3.78. The molecule has 7 heteroatoms. The summed E-state index contributed by atoms with van der Waals surface area (Å²) in [6, 6.07) is 14.1. The molecule has 3 rings (SSSR count). The Hall–Kier alpha value is -2.86. The van der Waals surface area contributed by atoms with Crippen molar-refractivity contribution >= 4 is 40.4 Å². The molecule has 128 valence electrons. The lowest BCUT2D eigenvalue weighted by molar-refractivity contribution is 0.628. The van der Waals surface area contributed by atoms with Gasteiger partial charge in [0.2, 0.25) is 5.95 Å². The average molecular weight is 358 g/mol.